The molecule has 0 aromatic heterocycles. The normalized spacial score (nSPS) is 47.8. The summed E-state index contributed by atoms with van der Waals surface area (Å²) in [5.41, 5.74) is 0.102. The molecular formula is C50H81N3O5. The number of carbonyl (C=O) groups is 3. The Kier molecular flexibility index (Phi) is 10.00. The van der Waals surface area contributed by atoms with Gasteiger partial charge in [0, 0.05) is 50.7 Å². The molecule has 58 heavy (non-hydrogen) atoms. The summed E-state index contributed by atoms with van der Waals surface area (Å²) in [4.78, 5) is 48.8. The van der Waals surface area contributed by atoms with E-state index in [4.69, 9.17) is 4.74 Å². The molecule has 13 atom stereocenters. The Balaban J connectivity index is 0.953. The number of piperazine rings is 1. The maximum Gasteiger partial charge on any atom is 0.309 e. The first-order valence-electron chi connectivity index (χ1n) is 24.5. The highest BCUT2D eigenvalue weighted by atomic mass is 16.5. The van der Waals surface area contributed by atoms with Gasteiger partial charge in [0.1, 0.15) is 6.10 Å². The number of rotatable bonds is 8. The monoisotopic (exact) mass is 804 g/mol. The minimum atomic E-state index is -0.802. The second-order valence-corrected chi connectivity index (χ2v) is 24.5. The summed E-state index contributed by atoms with van der Waals surface area (Å²) in [5, 5.41) is 9.72. The van der Waals surface area contributed by atoms with Crippen molar-refractivity contribution in [2.45, 2.75) is 171 Å². The predicted octanol–water partition coefficient (Wildman–Crippen LogP) is 9.16. The zero-order valence-corrected chi connectivity index (χ0v) is 38.2. The van der Waals surface area contributed by atoms with E-state index >= 15 is 4.79 Å². The summed E-state index contributed by atoms with van der Waals surface area (Å²) in [5.74, 6) is 1.64. The highest BCUT2D eigenvalue weighted by Crippen LogP contribution is 2.79. The first-order valence-corrected chi connectivity index (χ1v) is 24.5. The molecule has 0 aromatic carbocycles. The van der Waals surface area contributed by atoms with Crippen molar-refractivity contribution in [3.8, 4) is 0 Å². The van der Waals surface area contributed by atoms with Crippen LogP contribution in [0.4, 0.5) is 0 Å². The minimum Gasteiger partial charge on any atom is -0.481 e. The van der Waals surface area contributed by atoms with Gasteiger partial charge in [-0.3, -0.25) is 19.3 Å². The smallest absolute Gasteiger partial charge is 0.309 e. The van der Waals surface area contributed by atoms with Gasteiger partial charge in [-0.25, -0.2) is 0 Å². The molecule has 2 saturated heterocycles. The molecule has 2 aliphatic heterocycles. The first kappa shape index (κ1) is 41.7. The Morgan fingerprint density at radius 1 is 0.655 bits per heavy atom. The number of carbonyl (C=O) groups excluding carboxylic acids is 2. The number of carboxylic acids is 1. The van der Waals surface area contributed by atoms with Crippen LogP contribution in [0.15, 0.2) is 0 Å². The summed E-state index contributed by atoms with van der Waals surface area (Å²) in [6, 6.07) is 0.377. The number of nitrogens with zero attached hydrogens (tertiary/aromatic N) is 3. The van der Waals surface area contributed by atoms with Gasteiger partial charge in [0.25, 0.3) is 0 Å². The molecule has 9 aliphatic rings. The number of likely N-dealkylation sites (tertiary alicyclic amines) is 1. The van der Waals surface area contributed by atoms with Crippen LogP contribution < -0.4 is 0 Å². The number of carboxylic acid groups (broad SMARTS) is 1. The number of fused-ring (bicyclic) bond motifs is 7. The molecule has 8 nitrogen and oxygen atoms in total. The Morgan fingerprint density at radius 2 is 1.36 bits per heavy atom. The SMILES string of the molecule is CCN1CCN(C[C@@H]2CCCN2C(=O)[C@]23CC[C@@H](C4(C)CC4)[C@@H]2[C@H]2CC[C@@H]4[C@@]5(C)CC[C@H](OC(=O)[C@H]6C[C@@H](C(=O)O)C6(C)C)C(C)(C)[C@@H]5CC[C@@]4(C)[C@]2(C)CC3)CC1. The largest absolute Gasteiger partial charge is 0.481 e. The van der Waals surface area contributed by atoms with E-state index in [1.165, 1.54) is 57.8 Å². The van der Waals surface area contributed by atoms with Crippen molar-refractivity contribution in [3.05, 3.63) is 0 Å². The van der Waals surface area contributed by atoms with Gasteiger partial charge in [-0.2, -0.15) is 0 Å². The van der Waals surface area contributed by atoms with E-state index in [-0.39, 0.29) is 45.1 Å². The molecule has 0 spiro atoms. The molecule has 8 heteroatoms. The van der Waals surface area contributed by atoms with Gasteiger partial charge in [-0.15, -0.1) is 0 Å². The van der Waals surface area contributed by atoms with Gasteiger partial charge < -0.3 is 19.6 Å². The Labute approximate surface area is 351 Å². The third kappa shape index (κ3) is 5.86. The van der Waals surface area contributed by atoms with Crippen molar-refractivity contribution in [1.82, 2.24) is 14.7 Å². The highest BCUT2D eigenvalue weighted by Gasteiger charge is 2.74. The zero-order chi connectivity index (χ0) is 41.4. The van der Waals surface area contributed by atoms with Gasteiger partial charge >= 0.3 is 11.9 Å². The van der Waals surface area contributed by atoms with E-state index in [9.17, 15) is 14.7 Å². The van der Waals surface area contributed by atoms with Crippen LogP contribution in [0.5, 0.6) is 0 Å². The van der Waals surface area contributed by atoms with Crippen LogP contribution in [-0.4, -0.2) is 95.6 Å². The number of aliphatic carboxylic acids is 1. The summed E-state index contributed by atoms with van der Waals surface area (Å²) in [7, 11) is 0. The lowest BCUT2D eigenvalue weighted by atomic mass is 9.32. The Bertz CT molecular complexity index is 1650. The molecule has 0 bridgehead atoms. The Hall–Kier alpha value is -1.67. The van der Waals surface area contributed by atoms with Crippen LogP contribution >= 0.6 is 0 Å². The van der Waals surface area contributed by atoms with Crippen LogP contribution in [0.2, 0.25) is 0 Å². The number of hydrogen-bond acceptors (Lipinski definition) is 6. The van der Waals surface area contributed by atoms with E-state index < -0.39 is 17.3 Å². The second kappa shape index (κ2) is 13.9. The molecule has 0 unspecified atom stereocenters. The average Bonchev–Trinajstić information content (AvgIpc) is 3.54. The van der Waals surface area contributed by atoms with Gasteiger partial charge in [0.05, 0.1) is 17.3 Å². The van der Waals surface area contributed by atoms with Crippen molar-refractivity contribution in [3.63, 3.8) is 0 Å². The molecule has 1 amide bonds. The maximum absolute atomic E-state index is 15.6. The maximum atomic E-state index is 15.6. The molecule has 2 heterocycles. The molecule has 7 aliphatic carbocycles. The number of ether oxygens (including phenoxy) is 1. The lowest BCUT2D eigenvalue weighted by Crippen LogP contribution is -2.68. The Morgan fingerprint density at radius 3 is 2.02 bits per heavy atom. The molecule has 0 radical (unpaired) electrons. The summed E-state index contributed by atoms with van der Waals surface area (Å²) in [6.45, 7) is 29.3. The third-order valence-corrected chi connectivity index (χ3v) is 21.9. The summed E-state index contributed by atoms with van der Waals surface area (Å²) < 4.78 is 6.49. The van der Waals surface area contributed by atoms with Crippen LogP contribution in [0, 0.1) is 79.3 Å². The van der Waals surface area contributed by atoms with Crippen LogP contribution in [0.3, 0.4) is 0 Å². The van der Waals surface area contributed by atoms with E-state index in [2.05, 4.69) is 63.2 Å². The van der Waals surface area contributed by atoms with Crippen LogP contribution in [0.1, 0.15) is 159 Å². The molecule has 9 rings (SSSR count). The van der Waals surface area contributed by atoms with Crippen molar-refractivity contribution in [1.29, 1.82) is 0 Å². The second-order valence-electron chi connectivity index (χ2n) is 24.5. The fraction of sp³-hybridized carbons (Fsp3) is 0.940. The van der Waals surface area contributed by atoms with Gasteiger partial charge in [0.2, 0.25) is 5.91 Å². The number of hydrogen-bond donors (Lipinski definition) is 1. The van der Waals surface area contributed by atoms with E-state index in [1.807, 2.05) is 13.8 Å². The minimum absolute atomic E-state index is 0.135. The van der Waals surface area contributed by atoms with Crippen molar-refractivity contribution < 1.29 is 24.2 Å². The van der Waals surface area contributed by atoms with Crippen molar-refractivity contribution in [2.24, 2.45) is 79.3 Å². The average molecular weight is 804 g/mol. The highest BCUT2D eigenvalue weighted by molar-refractivity contribution is 5.84. The standard InChI is InChI=1S/C50H81N3O5/c1-10-51-26-28-52(29-27-51)31-32-12-11-25-53(32)43(57)50-20-15-33(46(6)21-22-46)40(50)34-13-14-38-47(7)18-17-39(58-42(56)36-30-35(41(54)55)44(36,2)3)45(4,5)37(47)16-19-49(38,9)48(34,8)23-24-50/h32-40H,10-31H2,1-9H3,(H,54,55)/t32-,33+,34+,35-,36+,37-,38+,39-,40+,47-,48+,49+,50-/m0/s1. The summed E-state index contributed by atoms with van der Waals surface area (Å²) >= 11 is 0. The quantitative estimate of drug-likeness (QED) is 0.245. The fourth-order valence-corrected chi connectivity index (χ4v) is 17.6. The number of likely N-dealkylation sites (N-methyl/N-ethyl adjacent to an activating group) is 1. The van der Waals surface area contributed by atoms with Crippen LogP contribution in [0.25, 0.3) is 0 Å². The van der Waals surface area contributed by atoms with Gasteiger partial charge in [-0.1, -0.05) is 62.3 Å². The lowest BCUT2D eigenvalue weighted by Gasteiger charge is -2.73. The summed E-state index contributed by atoms with van der Waals surface area (Å²) in [6.07, 6.45) is 16.8. The van der Waals surface area contributed by atoms with Crippen LogP contribution in [-0.2, 0) is 19.1 Å². The predicted molar refractivity (Wildman–Crippen MR) is 228 cm³/mol. The van der Waals surface area contributed by atoms with Gasteiger partial charge in [0.15, 0.2) is 0 Å². The molecule has 326 valence electrons. The molecule has 9 fully saturated rings. The molecule has 1 N–H and O–H groups in total. The van der Waals surface area contributed by atoms with E-state index in [0.717, 1.165) is 77.9 Å². The third-order valence-electron chi connectivity index (χ3n) is 21.9. The van der Waals surface area contributed by atoms with Crippen molar-refractivity contribution in [2.75, 3.05) is 45.8 Å². The number of esters is 1. The van der Waals surface area contributed by atoms with E-state index in [1.54, 1.807) is 0 Å². The zero-order valence-electron chi connectivity index (χ0n) is 38.2. The number of amides is 1. The van der Waals surface area contributed by atoms with E-state index in [0.29, 0.717) is 53.4 Å². The molecule has 7 saturated carbocycles. The molecule has 0 aromatic rings. The van der Waals surface area contributed by atoms with Crippen molar-refractivity contribution >= 4 is 17.8 Å². The first-order chi connectivity index (χ1) is 27.3. The lowest BCUT2D eigenvalue weighted by molar-refractivity contribution is -0.253. The fourth-order valence-electron chi connectivity index (χ4n) is 17.6. The molecular weight excluding hydrogens is 723 g/mol. The van der Waals surface area contributed by atoms with Gasteiger partial charge in [-0.05, 0) is 160 Å². The topological polar surface area (TPSA) is 90.4 Å².